The van der Waals surface area contributed by atoms with E-state index in [-0.39, 0.29) is 17.5 Å². The van der Waals surface area contributed by atoms with Gasteiger partial charge in [-0.25, -0.2) is 14.0 Å². The Morgan fingerprint density at radius 3 is 2.31 bits per heavy atom. The van der Waals surface area contributed by atoms with Crippen LogP contribution in [0.2, 0.25) is 0 Å². The lowest BCUT2D eigenvalue weighted by molar-refractivity contribution is -0.137. The molecule has 142 valence electrons. The third-order valence-electron chi connectivity index (χ3n) is 3.41. The van der Waals surface area contributed by atoms with E-state index in [9.17, 15) is 14.0 Å². The molecule has 0 aliphatic heterocycles. The predicted molar refractivity (Wildman–Crippen MR) is 110 cm³/mol. The molecule has 2 heterocycles. The SMILES string of the molecule is C/C=C/C(=O)OCCCCCCOC(=O)c1sc2c(Br)sc(Br)c2c1F. The molecule has 0 aliphatic rings. The maximum absolute atomic E-state index is 14.4. The van der Waals surface area contributed by atoms with E-state index in [4.69, 9.17) is 9.47 Å². The van der Waals surface area contributed by atoms with Crippen LogP contribution in [0, 0.1) is 5.82 Å². The van der Waals surface area contributed by atoms with Crippen molar-refractivity contribution in [1.82, 2.24) is 0 Å². The topological polar surface area (TPSA) is 52.6 Å². The van der Waals surface area contributed by atoms with Crippen LogP contribution in [0.3, 0.4) is 0 Å². The first-order chi connectivity index (χ1) is 12.5. The highest BCUT2D eigenvalue weighted by molar-refractivity contribution is 9.12. The molecule has 0 amide bonds. The summed E-state index contributed by atoms with van der Waals surface area (Å²) < 4.78 is 26.7. The average Bonchev–Trinajstić information content (AvgIpc) is 3.08. The number of ether oxygens (including phenoxy) is 2. The average molecular weight is 528 g/mol. The molecule has 0 spiro atoms. The van der Waals surface area contributed by atoms with Gasteiger partial charge < -0.3 is 9.47 Å². The molecule has 26 heavy (non-hydrogen) atoms. The minimum absolute atomic E-state index is 0.0000845. The summed E-state index contributed by atoms with van der Waals surface area (Å²) >= 11 is 9.15. The van der Waals surface area contributed by atoms with Gasteiger partial charge >= 0.3 is 11.9 Å². The summed E-state index contributed by atoms with van der Waals surface area (Å²) in [6.45, 7) is 2.37. The normalized spacial score (nSPS) is 11.4. The van der Waals surface area contributed by atoms with Crippen LogP contribution >= 0.6 is 54.5 Å². The molecule has 2 rings (SSSR count). The van der Waals surface area contributed by atoms with Crippen molar-refractivity contribution in [3.05, 3.63) is 30.4 Å². The summed E-state index contributed by atoms with van der Waals surface area (Å²) in [4.78, 5) is 23.2. The van der Waals surface area contributed by atoms with Crippen molar-refractivity contribution in [2.24, 2.45) is 0 Å². The predicted octanol–water partition coefficient (Wildman–Crippen LogP) is 6.46. The Kier molecular flexibility index (Phi) is 8.72. The van der Waals surface area contributed by atoms with Gasteiger partial charge in [-0.1, -0.05) is 6.08 Å². The van der Waals surface area contributed by atoms with Gasteiger partial charge in [0.25, 0.3) is 0 Å². The summed E-state index contributed by atoms with van der Waals surface area (Å²) in [6.07, 6.45) is 6.16. The Hall–Kier alpha value is -0.770. The highest BCUT2D eigenvalue weighted by Gasteiger charge is 2.24. The van der Waals surface area contributed by atoms with Gasteiger partial charge in [-0.05, 0) is 64.5 Å². The van der Waals surface area contributed by atoms with E-state index in [0.29, 0.717) is 26.9 Å². The van der Waals surface area contributed by atoms with Crippen molar-refractivity contribution in [3.63, 3.8) is 0 Å². The van der Waals surface area contributed by atoms with Crippen LogP contribution in [0.25, 0.3) is 10.1 Å². The van der Waals surface area contributed by atoms with Crippen LogP contribution in [0.1, 0.15) is 42.3 Å². The van der Waals surface area contributed by atoms with Crippen LogP contribution in [0.15, 0.2) is 19.7 Å². The van der Waals surface area contributed by atoms with E-state index in [1.807, 2.05) is 0 Å². The van der Waals surface area contributed by atoms with Crippen molar-refractivity contribution in [3.8, 4) is 0 Å². The first-order valence-electron chi connectivity index (χ1n) is 7.98. The smallest absolute Gasteiger partial charge is 0.351 e. The second kappa shape index (κ2) is 10.5. The number of thiophene rings is 2. The maximum atomic E-state index is 14.4. The number of carbonyl (C=O) groups is 2. The fourth-order valence-corrected chi connectivity index (χ4v) is 6.62. The lowest BCUT2D eigenvalue weighted by Gasteiger charge is -2.04. The van der Waals surface area contributed by atoms with Crippen molar-refractivity contribution in [2.75, 3.05) is 13.2 Å². The lowest BCUT2D eigenvalue weighted by Crippen LogP contribution is -2.06. The van der Waals surface area contributed by atoms with Crippen LogP contribution < -0.4 is 0 Å². The maximum Gasteiger partial charge on any atom is 0.351 e. The van der Waals surface area contributed by atoms with Gasteiger partial charge in [0.15, 0.2) is 5.82 Å². The van der Waals surface area contributed by atoms with E-state index < -0.39 is 11.8 Å². The van der Waals surface area contributed by atoms with Crippen LogP contribution in [0.4, 0.5) is 4.39 Å². The number of unbranched alkanes of at least 4 members (excludes halogenated alkanes) is 3. The molecule has 2 aromatic heterocycles. The standard InChI is InChI=1S/C17H17Br2FO4S2/c1-2-7-10(21)23-8-5-3-4-6-9-24-17(22)14-12(20)11-13(25-14)16(19)26-15(11)18/h2,7H,3-6,8-9H2,1H3/b7-2+. The Labute approximate surface area is 175 Å². The summed E-state index contributed by atoms with van der Waals surface area (Å²) in [6, 6.07) is 0. The van der Waals surface area contributed by atoms with Gasteiger partial charge in [0.1, 0.15) is 4.88 Å². The van der Waals surface area contributed by atoms with Gasteiger partial charge in [0, 0.05) is 6.08 Å². The van der Waals surface area contributed by atoms with Crippen LogP contribution in [-0.2, 0) is 14.3 Å². The highest BCUT2D eigenvalue weighted by atomic mass is 79.9. The van der Waals surface area contributed by atoms with E-state index >= 15 is 0 Å². The van der Waals surface area contributed by atoms with Crippen molar-refractivity contribution in [2.45, 2.75) is 32.6 Å². The number of carbonyl (C=O) groups excluding carboxylic acids is 2. The van der Waals surface area contributed by atoms with Crippen molar-refractivity contribution < 1.29 is 23.5 Å². The molecular weight excluding hydrogens is 511 g/mol. The van der Waals surface area contributed by atoms with Crippen molar-refractivity contribution in [1.29, 1.82) is 0 Å². The Bertz CT molecular complexity index is 813. The largest absolute Gasteiger partial charge is 0.463 e. The van der Waals surface area contributed by atoms with Gasteiger partial charge in [0.2, 0.25) is 0 Å². The van der Waals surface area contributed by atoms with Gasteiger partial charge in [-0.15, -0.1) is 22.7 Å². The highest BCUT2D eigenvalue weighted by Crippen LogP contribution is 2.45. The number of hydrogen-bond donors (Lipinski definition) is 0. The number of hydrogen-bond acceptors (Lipinski definition) is 6. The van der Waals surface area contributed by atoms with E-state index in [0.717, 1.165) is 34.4 Å². The molecule has 4 nitrogen and oxygen atoms in total. The van der Waals surface area contributed by atoms with Gasteiger partial charge in [0.05, 0.1) is 30.9 Å². The Balaban J connectivity index is 1.69. The summed E-state index contributed by atoms with van der Waals surface area (Å²) in [7, 11) is 0. The molecule has 0 saturated carbocycles. The molecule has 0 saturated heterocycles. The van der Waals surface area contributed by atoms with Gasteiger partial charge in [-0.2, -0.15) is 0 Å². The fourth-order valence-electron chi connectivity index (χ4n) is 2.18. The first-order valence-corrected chi connectivity index (χ1v) is 11.2. The second-order valence-electron chi connectivity index (χ2n) is 5.32. The minimum atomic E-state index is -0.632. The van der Waals surface area contributed by atoms with E-state index in [2.05, 4.69) is 31.9 Å². The molecule has 0 atom stereocenters. The first kappa shape index (κ1) is 21.5. The zero-order valence-corrected chi connectivity index (χ0v) is 18.8. The number of rotatable bonds is 9. The number of halogens is 3. The monoisotopic (exact) mass is 526 g/mol. The molecule has 9 heteroatoms. The fraction of sp³-hybridized carbons (Fsp3) is 0.412. The Morgan fingerprint density at radius 1 is 1.04 bits per heavy atom. The summed E-state index contributed by atoms with van der Waals surface area (Å²) in [5.41, 5.74) is 0. The van der Waals surface area contributed by atoms with Gasteiger partial charge in [-0.3, -0.25) is 0 Å². The lowest BCUT2D eigenvalue weighted by atomic mass is 10.2. The van der Waals surface area contributed by atoms with E-state index in [1.54, 1.807) is 13.0 Å². The molecule has 0 aromatic carbocycles. The zero-order valence-electron chi connectivity index (χ0n) is 14.0. The molecular formula is C17H17Br2FO4S2. The second-order valence-corrected chi connectivity index (χ2v) is 9.99. The Morgan fingerprint density at radius 2 is 1.69 bits per heavy atom. The van der Waals surface area contributed by atoms with E-state index in [1.165, 1.54) is 17.4 Å². The molecule has 2 aromatic rings. The number of fused-ring (bicyclic) bond motifs is 1. The molecule has 0 fully saturated rings. The number of allylic oxidation sites excluding steroid dienone is 1. The number of esters is 2. The third-order valence-corrected chi connectivity index (χ3v) is 7.49. The molecule has 0 aliphatic carbocycles. The molecule has 0 N–H and O–H groups in total. The third kappa shape index (κ3) is 5.61. The van der Waals surface area contributed by atoms with Crippen LogP contribution in [-0.4, -0.2) is 25.2 Å². The zero-order chi connectivity index (χ0) is 19.1. The summed E-state index contributed by atoms with van der Waals surface area (Å²) in [5.74, 6) is -1.50. The summed E-state index contributed by atoms with van der Waals surface area (Å²) in [5, 5.41) is 0.422. The molecule has 0 radical (unpaired) electrons. The molecule has 0 bridgehead atoms. The quantitative estimate of drug-likeness (QED) is 0.213. The minimum Gasteiger partial charge on any atom is -0.463 e. The molecule has 0 unspecified atom stereocenters. The van der Waals surface area contributed by atoms with Crippen LogP contribution in [0.5, 0.6) is 0 Å². The van der Waals surface area contributed by atoms with Crippen molar-refractivity contribution >= 4 is 76.6 Å².